The van der Waals surface area contributed by atoms with Gasteiger partial charge in [-0.2, -0.15) is 0 Å². The summed E-state index contributed by atoms with van der Waals surface area (Å²) in [5, 5.41) is 0.0383. The third kappa shape index (κ3) is 2.74. The predicted molar refractivity (Wildman–Crippen MR) is 67.0 cm³/mol. The molecule has 6 heteroatoms. The maximum absolute atomic E-state index is 11.9. The Bertz CT molecular complexity index is 458. The minimum Gasteiger partial charge on any atom is -0.363 e. The lowest BCUT2D eigenvalue weighted by Gasteiger charge is -2.16. The smallest absolute Gasteiger partial charge is 0.254 e. The number of pyridine rings is 1. The highest BCUT2D eigenvalue weighted by Gasteiger charge is 2.18. The molecular formula is C11H14ClN3O2. The maximum Gasteiger partial charge on any atom is 0.254 e. The molecule has 0 bridgehead atoms. The molecule has 0 aliphatic carbocycles. The Morgan fingerprint density at radius 2 is 1.94 bits per heavy atom. The molecule has 0 atom stereocenters. The van der Waals surface area contributed by atoms with Crippen molar-refractivity contribution in [1.29, 1.82) is 0 Å². The molecule has 92 valence electrons. The van der Waals surface area contributed by atoms with Gasteiger partial charge in [0.2, 0.25) is 0 Å². The number of nitrogens with zero attached hydrogens (tertiary/aromatic N) is 3. The molecule has 1 heterocycles. The molecule has 0 saturated heterocycles. The molecule has 0 aliphatic rings. The molecule has 1 aromatic heterocycles. The number of aromatic nitrogens is 1. The first-order valence-corrected chi connectivity index (χ1v) is 5.31. The Kier molecular flexibility index (Phi) is 4.07. The number of rotatable bonds is 3. The van der Waals surface area contributed by atoms with Gasteiger partial charge in [0.25, 0.3) is 5.91 Å². The standard InChI is InChI=1S/C11H14ClN3O2/c1-14(2)9-5-7(11(17)15(3)4)8(6-16)10(12)13-9/h5-6H,1-4H3. The molecule has 0 saturated carbocycles. The third-order valence-electron chi connectivity index (χ3n) is 2.21. The van der Waals surface area contributed by atoms with Gasteiger partial charge in [0.05, 0.1) is 11.1 Å². The van der Waals surface area contributed by atoms with Crippen molar-refractivity contribution in [3.8, 4) is 0 Å². The lowest BCUT2D eigenvalue weighted by molar-refractivity contribution is 0.0824. The molecular weight excluding hydrogens is 242 g/mol. The van der Waals surface area contributed by atoms with Crippen LogP contribution in [0.15, 0.2) is 6.07 Å². The van der Waals surface area contributed by atoms with Crippen LogP contribution in [0.3, 0.4) is 0 Å². The number of carbonyl (C=O) groups excluding carboxylic acids is 2. The van der Waals surface area contributed by atoms with Crippen LogP contribution in [0.1, 0.15) is 20.7 Å². The number of halogens is 1. The van der Waals surface area contributed by atoms with E-state index in [4.69, 9.17) is 11.6 Å². The van der Waals surface area contributed by atoms with Gasteiger partial charge in [-0.25, -0.2) is 4.98 Å². The van der Waals surface area contributed by atoms with Crippen molar-refractivity contribution in [3.05, 3.63) is 22.3 Å². The molecule has 17 heavy (non-hydrogen) atoms. The van der Waals surface area contributed by atoms with E-state index in [0.717, 1.165) is 0 Å². The number of hydrogen-bond donors (Lipinski definition) is 0. The van der Waals surface area contributed by atoms with E-state index in [1.807, 2.05) is 0 Å². The number of anilines is 1. The molecule has 0 aliphatic heterocycles. The monoisotopic (exact) mass is 255 g/mol. The lowest BCUT2D eigenvalue weighted by atomic mass is 10.1. The zero-order chi connectivity index (χ0) is 13.2. The average molecular weight is 256 g/mol. The highest BCUT2D eigenvalue weighted by atomic mass is 35.5. The van der Waals surface area contributed by atoms with Gasteiger partial charge in [0.1, 0.15) is 11.0 Å². The quantitative estimate of drug-likeness (QED) is 0.604. The highest BCUT2D eigenvalue weighted by Crippen LogP contribution is 2.22. The summed E-state index contributed by atoms with van der Waals surface area (Å²) in [5.74, 6) is 0.255. The number of hydrogen-bond acceptors (Lipinski definition) is 4. The van der Waals surface area contributed by atoms with E-state index in [-0.39, 0.29) is 22.2 Å². The van der Waals surface area contributed by atoms with Gasteiger partial charge in [-0.05, 0) is 6.07 Å². The minimum atomic E-state index is -0.278. The molecule has 0 radical (unpaired) electrons. The first-order valence-electron chi connectivity index (χ1n) is 4.93. The van der Waals surface area contributed by atoms with E-state index < -0.39 is 0 Å². The number of amides is 1. The normalized spacial score (nSPS) is 9.94. The second-order valence-corrected chi connectivity index (χ2v) is 4.30. The van der Waals surface area contributed by atoms with Crippen LogP contribution in [0.5, 0.6) is 0 Å². The van der Waals surface area contributed by atoms with Crippen molar-refractivity contribution in [1.82, 2.24) is 9.88 Å². The summed E-state index contributed by atoms with van der Waals surface area (Å²) in [4.78, 5) is 30.0. The van der Waals surface area contributed by atoms with Crippen molar-refractivity contribution in [2.75, 3.05) is 33.1 Å². The first-order chi connectivity index (χ1) is 7.88. The average Bonchev–Trinajstić information content (AvgIpc) is 2.26. The fourth-order valence-corrected chi connectivity index (χ4v) is 1.50. The SMILES string of the molecule is CN(C)C(=O)c1cc(N(C)C)nc(Cl)c1C=O. The molecule has 0 spiro atoms. The topological polar surface area (TPSA) is 53.5 Å². The van der Waals surface area contributed by atoms with Crippen LogP contribution in [0.2, 0.25) is 5.15 Å². The summed E-state index contributed by atoms with van der Waals surface area (Å²) in [6, 6.07) is 1.55. The van der Waals surface area contributed by atoms with Gasteiger partial charge in [-0.1, -0.05) is 11.6 Å². The number of aldehydes is 1. The van der Waals surface area contributed by atoms with Crippen LogP contribution in [0.4, 0.5) is 5.82 Å². The zero-order valence-corrected chi connectivity index (χ0v) is 10.9. The Morgan fingerprint density at radius 3 is 2.35 bits per heavy atom. The van der Waals surface area contributed by atoms with Crippen molar-refractivity contribution < 1.29 is 9.59 Å². The lowest BCUT2D eigenvalue weighted by Crippen LogP contribution is -2.24. The summed E-state index contributed by atoms with van der Waals surface area (Å²) < 4.78 is 0. The van der Waals surface area contributed by atoms with Crippen molar-refractivity contribution in [2.24, 2.45) is 0 Å². The van der Waals surface area contributed by atoms with Crippen LogP contribution in [0.25, 0.3) is 0 Å². The molecule has 1 amide bonds. The van der Waals surface area contributed by atoms with Crippen LogP contribution in [-0.4, -0.2) is 50.3 Å². The molecule has 1 rings (SSSR count). The Labute approximate surface area is 105 Å². The van der Waals surface area contributed by atoms with Gasteiger partial charge in [0, 0.05) is 28.2 Å². The van der Waals surface area contributed by atoms with Gasteiger partial charge in [-0.15, -0.1) is 0 Å². The van der Waals surface area contributed by atoms with E-state index in [0.29, 0.717) is 12.1 Å². The molecule has 1 aromatic rings. The fraction of sp³-hybridized carbons (Fsp3) is 0.364. The molecule has 0 N–H and O–H groups in total. The van der Waals surface area contributed by atoms with Gasteiger partial charge < -0.3 is 9.80 Å². The van der Waals surface area contributed by atoms with E-state index in [9.17, 15) is 9.59 Å². The third-order valence-corrected chi connectivity index (χ3v) is 2.50. The van der Waals surface area contributed by atoms with Gasteiger partial charge in [-0.3, -0.25) is 9.59 Å². The first kappa shape index (κ1) is 13.4. The van der Waals surface area contributed by atoms with Gasteiger partial charge >= 0.3 is 0 Å². The second-order valence-electron chi connectivity index (χ2n) is 3.94. The summed E-state index contributed by atoms with van der Waals surface area (Å²) in [5.41, 5.74) is 0.379. The summed E-state index contributed by atoms with van der Waals surface area (Å²) in [7, 11) is 6.79. The van der Waals surface area contributed by atoms with Crippen LogP contribution in [-0.2, 0) is 0 Å². The van der Waals surface area contributed by atoms with E-state index in [1.165, 1.54) is 4.90 Å². The Hall–Kier alpha value is -1.62. The molecule has 5 nitrogen and oxygen atoms in total. The largest absolute Gasteiger partial charge is 0.363 e. The molecule has 0 unspecified atom stereocenters. The van der Waals surface area contributed by atoms with Crippen molar-refractivity contribution >= 4 is 29.6 Å². The van der Waals surface area contributed by atoms with E-state index >= 15 is 0 Å². The predicted octanol–water partition coefficient (Wildman–Crippen LogP) is 1.32. The zero-order valence-electron chi connectivity index (χ0n) is 10.2. The van der Waals surface area contributed by atoms with E-state index in [1.54, 1.807) is 39.2 Å². The summed E-state index contributed by atoms with van der Waals surface area (Å²) >= 11 is 5.89. The van der Waals surface area contributed by atoms with Crippen molar-refractivity contribution in [2.45, 2.75) is 0 Å². The van der Waals surface area contributed by atoms with Crippen LogP contribution < -0.4 is 4.90 Å². The summed E-state index contributed by atoms with van der Waals surface area (Å²) in [6.45, 7) is 0. The second kappa shape index (κ2) is 5.14. The summed E-state index contributed by atoms with van der Waals surface area (Å²) in [6.07, 6.45) is 0.547. The molecule has 0 fully saturated rings. The van der Waals surface area contributed by atoms with E-state index in [2.05, 4.69) is 4.98 Å². The Balaban J connectivity index is 3.44. The fourth-order valence-electron chi connectivity index (χ4n) is 1.27. The van der Waals surface area contributed by atoms with Crippen LogP contribution >= 0.6 is 11.6 Å². The van der Waals surface area contributed by atoms with Gasteiger partial charge in [0.15, 0.2) is 6.29 Å². The van der Waals surface area contributed by atoms with Crippen LogP contribution in [0, 0.1) is 0 Å². The molecule has 0 aromatic carbocycles. The minimum absolute atomic E-state index is 0.0383. The van der Waals surface area contributed by atoms with Crippen molar-refractivity contribution in [3.63, 3.8) is 0 Å². The maximum atomic E-state index is 11.9. The Morgan fingerprint density at radius 1 is 1.35 bits per heavy atom. The highest BCUT2D eigenvalue weighted by molar-refractivity contribution is 6.32. The number of carbonyl (C=O) groups is 2.